The second kappa shape index (κ2) is 5.04. The molecule has 8 heteroatoms. The van der Waals surface area contributed by atoms with Gasteiger partial charge in [0.1, 0.15) is 5.15 Å². The predicted molar refractivity (Wildman–Crippen MR) is 87.2 cm³/mol. The maximum absolute atomic E-state index is 5.98. The number of nitrogens with two attached hydrogens (primary N) is 1. The van der Waals surface area contributed by atoms with Gasteiger partial charge in [-0.2, -0.15) is 9.67 Å². The van der Waals surface area contributed by atoms with Crippen LogP contribution in [0.4, 0.5) is 5.95 Å². The van der Waals surface area contributed by atoms with E-state index in [0.29, 0.717) is 16.1 Å². The second-order valence-corrected chi connectivity index (χ2v) is 5.93. The first-order valence-electron chi connectivity index (χ1n) is 6.41. The smallest absolute Gasteiger partial charge is 0.226 e. The SMILES string of the molecule is Nc1nc(-c2ccnc(Cl)c2)nn1-c1nc2ccccc2s1. The Hall–Kier alpha value is -2.51. The van der Waals surface area contributed by atoms with Crippen molar-refractivity contribution >= 4 is 39.1 Å². The highest BCUT2D eigenvalue weighted by atomic mass is 35.5. The molecule has 2 N–H and O–H groups in total. The van der Waals surface area contributed by atoms with Gasteiger partial charge >= 0.3 is 0 Å². The van der Waals surface area contributed by atoms with E-state index >= 15 is 0 Å². The molecule has 1 aromatic carbocycles. The third-order valence-corrected chi connectivity index (χ3v) is 4.30. The van der Waals surface area contributed by atoms with Gasteiger partial charge in [-0.15, -0.1) is 5.10 Å². The molecule has 6 nitrogen and oxygen atoms in total. The number of aromatic nitrogens is 5. The quantitative estimate of drug-likeness (QED) is 0.571. The van der Waals surface area contributed by atoms with Crippen LogP contribution < -0.4 is 5.73 Å². The van der Waals surface area contributed by atoms with Crippen LogP contribution in [0.5, 0.6) is 0 Å². The molecule has 0 saturated heterocycles. The van der Waals surface area contributed by atoms with Crippen LogP contribution in [0.15, 0.2) is 42.6 Å². The highest BCUT2D eigenvalue weighted by molar-refractivity contribution is 7.20. The van der Waals surface area contributed by atoms with E-state index in [1.54, 1.807) is 18.3 Å². The number of hydrogen-bond acceptors (Lipinski definition) is 6. The monoisotopic (exact) mass is 328 g/mol. The Labute approximate surface area is 134 Å². The van der Waals surface area contributed by atoms with Crippen molar-refractivity contribution in [1.82, 2.24) is 24.7 Å². The van der Waals surface area contributed by atoms with E-state index in [4.69, 9.17) is 17.3 Å². The van der Waals surface area contributed by atoms with E-state index in [-0.39, 0.29) is 5.95 Å². The zero-order chi connectivity index (χ0) is 15.1. The number of rotatable bonds is 2. The van der Waals surface area contributed by atoms with Crippen molar-refractivity contribution < 1.29 is 0 Å². The lowest BCUT2D eigenvalue weighted by atomic mass is 10.2. The minimum atomic E-state index is 0.280. The van der Waals surface area contributed by atoms with Gasteiger partial charge in [-0.25, -0.2) is 9.97 Å². The number of benzene rings is 1. The lowest BCUT2D eigenvalue weighted by Gasteiger charge is -1.95. The average Bonchev–Trinajstić information content (AvgIpc) is 3.10. The van der Waals surface area contributed by atoms with Crippen molar-refractivity contribution in [2.24, 2.45) is 0 Å². The van der Waals surface area contributed by atoms with E-state index in [1.807, 2.05) is 24.3 Å². The Morgan fingerprint density at radius 1 is 1.14 bits per heavy atom. The fourth-order valence-corrected chi connectivity index (χ4v) is 3.18. The molecule has 108 valence electrons. The topological polar surface area (TPSA) is 82.5 Å². The fourth-order valence-electron chi connectivity index (χ4n) is 2.08. The zero-order valence-corrected chi connectivity index (χ0v) is 12.7. The van der Waals surface area contributed by atoms with Crippen molar-refractivity contribution in [3.63, 3.8) is 0 Å². The molecule has 0 fully saturated rings. The molecule has 0 bridgehead atoms. The summed E-state index contributed by atoms with van der Waals surface area (Å²) >= 11 is 7.40. The van der Waals surface area contributed by atoms with E-state index in [1.165, 1.54) is 16.0 Å². The standard InChI is InChI=1S/C14H9ClN6S/c15-11-7-8(5-6-17-11)12-19-13(16)21(20-12)14-18-9-3-1-2-4-10(9)22-14/h1-7H,(H2,16,19,20). The Balaban J connectivity index is 1.83. The van der Waals surface area contributed by atoms with Crippen LogP contribution in [-0.4, -0.2) is 24.7 Å². The number of nitrogens with zero attached hydrogens (tertiary/aromatic N) is 5. The third-order valence-electron chi connectivity index (χ3n) is 3.08. The Morgan fingerprint density at radius 3 is 2.82 bits per heavy atom. The molecule has 0 aliphatic heterocycles. The summed E-state index contributed by atoms with van der Waals surface area (Å²) in [6, 6.07) is 11.3. The van der Waals surface area contributed by atoms with E-state index in [2.05, 4.69) is 20.1 Å². The number of para-hydroxylation sites is 1. The van der Waals surface area contributed by atoms with Crippen LogP contribution in [0, 0.1) is 0 Å². The average molecular weight is 329 g/mol. The summed E-state index contributed by atoms with van der Waals surface area (Å²) in [5.41, 5.74) is 7.64. The number of hydrogen-bond donors (Lipinski definition) is 1. The summed E-state index contributed by atoms with van der Waals surface area (Å²) in [6.07, 6.45) is 1.60. The second-order valence-electron chi connectivity index (χ2n) is 4.54. The largest absolute Gasteiger partial charge is 0.368 e. The fraction of sp³-hybridized carbons (Fsp3) is 0. The van der Waals surface area contributed by atoms with Gasteiger partial charge in [0.15, 0.2) is 5.82 Å². The minimum Gasteiger partial charge on any atom is -0.368 e. The maximum atomic E-state index is 5.98. The van der Waals surface area contributed by atoms with Crippen LogP contribution in [0.1, 0.15) is 0 Å². The van der Waals surface area contributed by atoms with Gasteiger partial charge in [0.25, 0.3) is 0 Å². The van der Waals surface area contributed by atoms with Crippen molar-refractivity contribution in [2.45, 2.75) is 0 Å². The van der Waals surface area contributed by atoms with Crippen LogP contribution >= 0.6 is 22.9 Å². The first-order chi connectivity index (χ1) is 10.7. The van der Waals surface area contributed by atoms with Gasteiger partial charge in [-0.1, -0.05) is 35.1 Å². The molecule has 0 radical (unpaired) electrons. The Kier molecular flexibility index (Phi) is 3.02. The molecule has 22 heavy (non-hydrogen) atoms. The molecule has 0 atom stereocenters. The first kappa shape index (κ1) is 13.2. The van der Waals surface area contributed by atoms with Gasteiger partial charge in [0.05, 0.1) is 10.2 Å². The molecule has 3 aromatic heterocycles. The van der Waals surface area contributed by atoms with E-state index < -0.39 is 0 Å². The lowest BCUT2D eigenvalue weighted by molar-refractivity contribution is 0.886. The minimum absolute atomic E-state index is 0.280. The summed E-state index contributed by atoms with van der Waals surface area (Å²) < 4.78 is 2.61. The van der Waals surface area contributed by atoms with Crippen LogP contribution in [0.3, 0.4) is 0 Å². The summed E-state index contributed by atoms with van der Waals surface area (Å²) in [7, 11) is 0. The van der Waals surface area contributed by atoms with Gasteiger partial charge < -0.3 is 5.73 Å². The van der Waals surface area contributed by atoms with Gasteiger partial charge in [0.2, 0.25) is 11.1 Å². The number of pyridine rings is 1. The molecule has 0 saturated carbocycles. The number of anilines is 1. The summed E-state index contributed by atoms with van der Waals surface area (Å²) in [4.78, 5) is 12.8. The number of halogens is 1. The van der Waals surface area contributed by atoms with Gasteiger partial charge in [-0.3, -0.25) is 0 Å². The van der Waals surface area contributed by atoms with Crippen LogP contribution in [0.25, 0.3) is 26.7 Å². The predicted octanol–water partition coefficient (Wildman–Crippen LogP) is 3.17. The van der Waals surface area contributed by atoms with Crippen LogP contribution in [0.2, 0.25) is 5.15 Å². The molecular weight excluding hydrogens is 320 g/mol. The third kappa shape index (κ3) is 2.20. The van der Waals surface area contributed by atoms with Crippen molar-refractivity contribution in [1.29, 1.82) is 0 Å². The maximum Gasteiger partial charge on any atom is 0.226 e. The molecule has 4 aromatic rings. The molecule has 0 amide bonds. The Bertz CT molecular complexity index is 943. The van der Waals surface area contributed by atoms with E-state index in [9.17, 15) is 0 Å². The normalized spacial score (nSPS) is 11.1. The molecule has 0 spiro atoms. The van der Waals surface area contributed by atoms with Gasteiger partial charge in [0, 0.05) is 11.8 Å². The molecule has 0 unspecified atom stereocenters. The van der Waals surface area contributed by atoms with E-state index in [0.717, 1.165) is 15.8 Å². The number of fused-ring (bicyclic) bond motifs is 1. The molecule has 0 aliphatic carbocycles. The number of nitrogen functional groups attached to an aromatic ring is 1. The molecule has 4 rings (SSSR count). The molecule has 0 aliphatic rings. The number of thiazole rings is 1. The zero-order valence-electron chi connectivity index (χ0n) is 11.1. The van der Waals surface area contributed by atoms with Crippen molar-refractivity contribution in [3.8, 4) is 16.5 Å². The van der Waals surface area contributed by atoms with Gasteiger partial charge in [-0.05, 0) is 24.3 Å². The first-order valence-corrected chi connectivity index (χ1v) is 7.60. The summed E-state index contributed by atoms with van der Waals surface area (Å²) in [5, 5.41) is 5.49. The molecular formula is C14H9ClN6S. The summed E-state index contributed by atoms with van der Waals surface area (Å²) in [5.74, 6) is 0.767. The van der Waals surface area contributed by atoms with Crippen LogP contribution in [-0.2, 0) is 0 Å². The van der Waals surface area contributed by atoms with Crippen molar-refractivity contribution in [3.05, 3.63) is 47.7 Å². The van der Waals surface area contributed by atoms with Crippen molar-refractivity contribution in [2.75, 3.05) is 5.73 Å². The Morgan fingerprint density at radius 2 is 2.00 bits per heavy atom. The molecule has 3 heterocycles. The highest BCUT2D eigenvalue weighted by Crippen LogP contribution is 2.27. The lowest BCUT2D eigenvalue weighted by Crippen LogP contribution is -2.01. The summed E-state index contributed by atoms with van der Waals surface area (Å²) in [6.45, 7) is 0. The highest BCUT2D eigenvalue weighted by Gasteiger charge is 2.14.